The summed E-state index contributed by atoms with van der Waals surface area (Å²) in [6.45, 7) is 2.64. The standard InChI is InChI=1S/C10H13ClN2O2S/c1-2-10(8(14)15)4-3-5-13(10)9-12-7(11)6-16-9/h6H,2-5H2,1H3,(H,14,15). The summed E-state index contributed by atoms with van der Waals surface area (Å²) in [6, 6.07) is 0. The SMILES string of the molecule is CCC1(C(=O)O)CCCN1c1nc(Cl)cs1. The first-order chi connectivity index (χ1) is 7.60. The number of hydrogen-bond acceptors (Lipinski definition) is 4. The Morgan fingerprint density at radius 1 is 1.81 bits per heavy atom. The lowest BCUT2D eigenvalue weighted by atomic mass is 9.93. The van der Waals surface area contributed by atoms with Crippen LogP contribution in [0.15, 0.2) is 5.38 Å². The minimum absolute atomic E-state index is 0.433. The summed E-state index contributed by atoms with van der Waals surface area (Å²) in [7, 11) is 0. The molecule has 1 unspecified atom stereocenters. The van der Waals surface area contributed by atoms with Crippen LogP contribution < -0.4 is 4.90 Å². The molecule has 1 atom stereocenters. The van der Waals surface area contributed by atoms with Gasteiger partial charge in [-0.15, -0.1) is 11.3 Å². The Labute approximate surface area is 103 Å². The largest absolute Gasteiger partial charge is 0.479 e. The second kappa shape index (κ2) is 4.22. The van der Waals surface area contributed by atoms with Gasteiger partial charge in [0.2, 0.25) is 0 Å². The van der Waals surface area contributed by atoms with Gasteiger partial charge in [0, 0.05) is 11.9 Å². The van der Waals surface area contributed by atoms with Crippen LogP contribution in [0.2, 0.25) is 5.15 Å². The van der Waals surface area contributed by atoms with E-state index < -0.39 is 11.5 Å². The van der Waals surface area contributed by atoms with E-state index >= 15 is 0 Å². The summed E-state index contributed by atoms with van der Waals surface area (Å²) in [6.07, 6.45) is 2.15. The van der Waals surface area contributed by atoms with Gasteiger partial charge in [-0.1, -0.05) is 18.5 Å². The van der Waals surface area contributed by atoms with Crippen LogP contribution in [0.3, 0.4) is 0 Å². The van der Waals surface area contributed by atoms with E-state index in [1.54, 1.807) is 5.38 Å². The van der Waals surface area contributed by atoms with Gasteiger partial charge in [0.05, 0.1) is 0 Å². The Morgan fingerprint density at radius 3 is 3.06 bits per heavy atom. The summed E-state index contributed by atoms with van der Waals surface area (Å²) in [5.74, 6) is -0.765. The molecule has 0 aromatic carbocycles. The Kier molecular flexibility index (Phi) is 3.08. The maximum Gasteiger partial charge on any atom is 0.329 e. The molecule has 0 amide bonds. The number of nitrogens with zero attached hydrogens (tertiary/aromatic N) is 2. The van der Waals surface area contributed by atoms with Crippen molar-refractivity contribution in [3.8, 4) is 0 Å². The van der Waals surface area contributed by atoms with Gasteiger partial charge in [-0.3, -0.25) is 0 Å². The van der Waals surface area contributed by atoms with Crippen molar-refractivity contribution in [1.29, 1.82) is 0 Å². The van der Waals surface area contributed by atoms with Crippen molar-refractivity contribution in [2.75, 3.05) is 11.4 Å². The summed E-state index contributed by atoms with van der Waals surface area (Å²) in [5.41, 5.74) is -0.790. The molecule has 1 aliphatic rings. The van der Waals surface area contributed by atoms with Gasteiger partial charge in [0.25, 0.3) is 0 Å². The minimum atomic E-state index is -0.790. The molecule has 0 saturated carbocycles. The highest BCUT2D eigenvalue weighted by Gasteiger charge is 2.47. The second-order valence-electron chi connectivity index (χ2n) is 3.90. The molecule has 4 nitrogen and oxygen atoms in total. The predicted molar refractivity (Wildman–Crippen MR) is 64.4 cm³/mol. The fourth-order valence-corrected chi connectivity index (χ4v) is 3.33. The normalized spacial score (nSPS) is 25.0. The van der Waals surface area contributed by atoms with E-state index in [0.717, 1.165) is 13.0 Å². The van der Waals surface area contributed by atoms with E-state index in [0.29, 0.717) is 23.1 Å². The Balaban J connectivity index is 2.36. The highest BCUT2D eigenvalue weighted by molar-refractivity contribution is 7.14. The number of anilines is 1. The topological polar surface area (TPSA) is 53.4 Å². The number of carboxylic acid groups (broad SMARTS) is 1. The lowest BCUT2D eigenvalue weighted by Crippen LogP contribution is -2.50. The minimum Gasteiger partial charge on any atom is -0.479 e. The maximum absolute atomic E-state index is 11.4. The maximum atomic E-state index is 11.4. The highest BCUT2D eigenvalue weighted by Crippen LogP contribution is 2.38. The number of aliphatic carboxylic acids is 1. The predicted octanol–water partition coefficient (Wildman–Crippen LogP) is 2.63. The number of thiazole rings is 1. The van der Waals surface area contributed by atoms with Crippen LogP contribution in [0.4, 0.5) is 5.13 Å². The third kappa shape index (κ3) is 1.68. The molecule has 1 N–H and O–H groups in total. The Morgan fingerprint density at radius 2 is 2.56 bits per heavy atom. The van der Waals surface area contributed by atoms with Gasteiger partial charge in [-0.05, 0) is 19.3 Å². The molecule has 88 valence electrons. The van der Waals surface area contributed by atoms with Gasteiger partial charge >= 0.3 is 5.97 Å². The number of hydrogen-bond donors (Lipinski definition) is 1. The van der Waals surface area contributed by atoms with E-state index in [1.165, 1.54) is 11.3 Å². The zero-order valence-electron chi connectivity index (χ0n) is 8.94. The van der Waals surface area contributed by atoms with E-state index in [2.05, 4.69) is 4.98 Å². The number of carboxylic acids is 1. The average molecular weight is 261 g/mol. The molecule has 1 aromatic rings. The molecule has 1 aromatic heterocycles. The van der Waals surface area contributed by atoms with Crippen LogP contribution in [0.1, 0.15) is 26.2 Å². The molecular formula is C10H13ClN2O2S. The van der Waals surface area contributed by atoms with Crippen LogP contribution in [0.5, 0.6) is 0 Å². The molecule has 1 saturated heterocycles. The van der Waals surface area contributed by atoms with E-state index in [4.69, 9.17) is 11.6 Å². The number of rotatable bonds is 3. The zero-order valence-corrected chi connectivity index (χ0v) is 10.5. The molecular weight excluding hydrogens is 248 g/mol. The molecule has 1 aliphatic heterocycles. The Bertz CT molecular complexity index is 409. The highest BCUT2D eigenvalue weighted by atomic mass is 35.5. The molecule has 2 rings (SSSR count). The van der Waals surface area contributed by atoms with Crippen molar-refractivity contribution >= 4 is 34.0 Å². The lowest BCUT2D eigenvalue weighted by Gasteiger charge is -2.33. The van der Waals surface area contributed by atoms with E-state index in [-0.39, 0.29) is 0 Å². The summed E-state index contributed by atoms with van der Waals surface area (Å²) < 4.78 is 0. The average Bonchev–Trinajstić information content (AvgIpc) is 2.83. The summed E-state index contributed by atoms with van der Waals surface area (Å²) in [5, 5.41) is 12.3. The first-order valence-corrected chi connectivity index (χ1v) is 6.48. The van der Waals surface area contributed by atoms with Crippen LogP contribution >= 0.6 is 22.9 Å². The van der Waals surface area contributed by atoms with Gasteiger partial charge in [-0.2, -0.15) is 0 Å². The Hall–Kier alpha value is -0.810. The van der Waals surface area contributed by atoms with Crippen LogP contribution in [-0.4, -0.2) is 28.1 Å². The van der Waals surface area contributed by atoms with Crippen molar-refractivity contribution in [2.45, 2.75) is 31.7 Å². The van der Waals surface area contributed by atoms with E-state index in [1.807, 2.05) is 11.8 Å². The second-order valence-corrected chi connectivity index (χ2v) is 5.12. The summed E-state index contributed by atoms with van der Waals surface area (Å²) in [4.78, 5) is 17.5. The van der Waals surface area contributed by atoms with Crippen LogP contribution in [-0.2, 0) is 4.79 Å². The molecule has 0 radical (unpaired) electrons. The molecule has 0 aliphatic carbocycles. The molecule has 0 bridgehead atoms. The quantitative estimate of drug-likeness (QED) is 0.908. The number of aromatic nitrogens is 1. The van der Waals surface area contributed by atoms with Crippen LogP contribution in [0, 0.1) is 0 Å². The molecule has 0 spiro atoms. The van der Waals surface area contributed by atoms with Gasteiger partial charge < -0.3 is 10.0 Å². The molecule has 16 heavy (non-hydrogen) atoms. The van der Waals surface area contributed by atoms with Crippen molar-refractivity contribution in [3.05, 3.63) is 10.5 Å². The van der Waals surface area contributed by atoms with Crippen molar-refractivity contribution in [2.24, 2.45) is 0 Å². The van der Waals surface area contributed by atoms with Gasteiger partial charge in [0.15, 0.2) is 5.13 Å². The molecule has 6 heteroatoms. The fourth-order valence-electron chi connectivity index (χ4n) is 2.27. The number of halogens is 1. The van der Waals surface area contributed by atoms with E-state index in [9.17, 15) is 9.90 Å². The zero-order chi connectivity index (χ0) is 11.8. The molecule has 2 heterocycles. The van der Waals surface area contributed by atoms with Crippen LogP contribution in [0.25, 0.3) is 0 Å². The third-order valence-corrected chi connectivity index (χ3v) is 4.35. The van der Waals surface area contributed by atoms with Gasteiger partial charge in [0.1, 0.15) is 10.7 Å². The number of carbonyl (C=O) groups is 1. The monoisotopic (exact) mass is 260 g/mol. The van der Waals surface area contributed by atoms with Crippen molar-refractivity contribution < 1.29 is 9.90 Å². The van der Waals surface area contributed by atoms with Crippen molar-refractivity contribution in [1.82, 2.24) is 4.98 Å². The third-order valence-electron chi connectivity index (χ3n) is 3.17. The van der Waals surface area contributed by atoms with Gasteiger partial charge in [-0.25, -0.2) is 9.78 Å². The lowest BCUT2D eigenvalue weighted by molar-refractivity contribution is -0.143. The smallest absolute Gasteiger partial charge is 0.329 e. The first kappa shape index (κ1) is 11.7. The fraction of sp³-hybridized carbons (Fsp3) is 0.600. The summed E-state index contributed by atoms with van der Waals surface area (Å²) >= 11 is 7.18. The van der Waals surface area contributed by atoms with Crippen molar-refractivity contribution in [3.63, 3.8) is 0 Å². The molecule has 1 fully saturated rings. The first-order valence-electron chi connectivity index (χ1n) is 5.22.